The van der Waals surface area contributed by atoms with Crippen LogP contribution in [0.1, 0.15) is 41.6 Å². The van der Waals surface area contributed by atoms with E-state index >= 15 is 0 Å². The lowest BCUT2D eigenvalue weighted by Gasteiger charge is -2.22. The number of nitrogens with zero attached hydrogens (tertiary/aromatic N) is 3. The summed E-state index contributed by atoms with van der Waals surface area (Å²) in [6, 6.07) is 15.9. The van der Waals surface area contributed by atoms with Gasteiger partial charge in [0.1, 0.15) is 0 Å². The molecule has 1 fully saturated rings. The van der Waals surface area contributed by atoms with Crippen molar-refractivity contribution in [2.75, 3.05) is 23.3 Å². The predicted octanol–water partition coefficient (Wildman–Crippen LogP) is 4.56. The van der Waals surface area contributed by atoms with Gasteiger partial charge in [0, 0.05) is 49.0 Å². The van der Waals surface area contributed by atoms with E-state index in [1.165, 1.54) is 31.4 Å². The molecule has 0 saturated carbocycles. The fourth-order valence-corrected chi connectivity index (χ4v) is 3.69. The van der Waals surface area contributed by atoms with Crippen LogP contribution in [-0.4, -0.2) is 28.5 Å². The summed E-state index contributed by atoms with van der Waals surface area (Å²) in [5.41, 5.74) is 3.79. The molecule has 28 heavy (non-hydrogen) atoms. The highest BCUT2D eigenvalue weighted by Crippen LogP contribution is 2.22. The van der Waals surface area contributed by atoms with Gasteiger partial charge in [-0.15, -0.1) is 0 Å². The number of hydrogen-bond acceptors (Lipinski definition) is 3. The maximum atomic E-state index is 12.7. The molecular weight excluding hydrogens is 348 g/mol. The van der Waals surface area contributed by atoms with Crippen molar-refractivity contribution in [1.82, 2.24) is 9.55 Å². The first-order valence-electron chi connectivity index (χ1n) is 9.99. The smallest absolute Gasteiger partial charge is 0.255 e. The van der Waals surface area contributed by atoms with E-state index in [1.54, 1.807) is 12.5 Å². The van der Waals surface area contributed by atoms with Gasteiger partial charge in [0.15, 0.2) is 0 Å². The highest BCUT2D eigenvalue weighted by molar-refractivity contribution is 6.04. The molecule has 1 saturated heterocycles. The van der Waals surface area contributed by atoms with E-state index in [1.807, 2.05) is 47.2 Å². The van der Waals surface area contributed by atoms with Crippen molar-refractivity contribution in [3.05, 3.63) is 78.4 Å². The number of hydrogen-bond donors (Lipinski definition) is 1. The van der Waals surface area contributed by atoms with Crippen LogP contribution in [0.25, 0.3) is 0 Å². The molecule has 0 bridgehead atoms. The summed E-state index contributed by atoms with van der Waals surface area (Å²) in [5, 5.41) is 3.01. The van der Waals surface area contributed by atoms with Crippen LogP contribution in [0, 0.1) is 0 Å². The molecule has 0 spiro atoms. The van der Waals surface area contributed by atoms with E-state index < -0.39 is 0 Å². The van der Waals surface area contributed by atoms with Gasteiger partial charge in [-0.25, -0.2) is 4.98 Å². The maximum Gasteiger partial charge on any atom is 0.255 e. The molecule has 0 atom stereocenters. The molecule has 1 amide bonds. The lowest BCUT2D eigenvalue weighted by Crippen LogP contribution is -2.23. The van der Waals surface area contributed by atoms with Gasteiger partial charge >= 0.3 is 0 Å². The average Bonchev–Trinajstić information content (AvgIpc) is 3.08. The molecule has 2 aromatic carbocycles. The number of benzene rings is 2. The Morgan fingerprint density at radius 3 is 2.50 bits per heavy atom. The van der Waals surface area contributed by atoms with Crippen molar-refractivity contribution < 1.29 is 4.79 Å². The summed E-state index contributed by atoms with van der Waals surface area (Å²) in [6.07, 6.45) is 10.6. The fraction of sp³-hybridized carbons (Fsp3) is 0.304. The Kier molecular flexibility index (Phi) is 5.71. The third-order valence-corrected chi connectivity index (χ3v) is 5.21. The minimum atomic E-state index is -0.0880. The van der Waals surface area contributed by atoms with E-state index in [0.717, 1.165) is 24.3 Å². The zero-order chi connectivity index (χ0) is 19.2. The molecule has 1 aliphatic rings. The molecule has 5 nitrogen and oxygen atoms in total. The molecule has 0 radical (unpaired) electrons. The maximum absolute atomic E-state index is 12.7. The minimum absolute atomic E-state index is 0.0880. The highest BCUT2D eigenvalue weighted by atomic mass is 16.1. The average molecular weight is 374 g/mol. The quantitative estimate of drug-likeness (QED) is 0.712. The minimum Gasteiger partial charge on any atom is -0.372 e. The first-order chi connectivity index (χ1) is 13.8. The van der Waals surface area contributed by atoms with Crippen molar-refractivity contribution in [3.8, 4) is 0 Å². The Bertz CT molecular complexity index is 895. The zero-order valence-electron chi connectivity index (χ0n) is 16.1. The second-order valence-electron chi connectivity index (χ2n) is 7.34. The number of carbonyl (C=O) groups excluding carboxylic acids is 1. The van der Waals surface area contributed by atoms with Gasteiger partial charge in [-0.1, -0.05) is 25.0 Å². The van der Waals surface area contributed by atoms with Crippen LogP contribution in [-0.2, 0) is 6.54 Å². The van der Waals surface area contributed by atoms with Gasteiger partial charge in [0.05, 0.1) is 6.33 Å². The van der Waals surface area contributed by atoms with Crippen molar-refractivity contribution in [2.24, 2.45) is 0 Å². The normalized spacial score (nSPS) is 14.5. The third kappa shape index (κ3) is 4.60. The van der Waals surface area contributed by atoms with Crippen molar-refractivity contribution in [3.63, 3.8) is 0 Å². The highest BCUT2D eigenvalue weighted by Gasteiger charge is 2.11. The fourth-order valence-electron chi connectivity index (χ4n) is 3.69. The van der Waals surface area contributed by atoms with E-state index in [2.05, 4.69) is 27.3 Å². The van der Waals surface area contributed by atoms with Gasteiger partial charge in [-0.2, -0.15) is 0 Å². The van der Waals surface area contributed by atoms with Crippen LogP contribution < -0.4 is 10.2 Å². The number of rotatable bonds is 5. The molecule has 144 valence electrons. The second kappa shape index (κ2) is 8.74. The first kappa shape index (κ1) is 18.3. The Labute approximate surface area is 166 Å². The van der Waals surface area contributed by atoms with Crippen molar-refractivity contribution in [1.29, 1.82) is 0 Å². The number of anilines is 2. The molecule has 1 N–H and O–H groups in total. The number of nitrogens with one attached hydrogen (secondary N) is 1. The van der Waals surface area contributed by atoms with Crippen LogP contribution in [0.5, 0.6) is 0 Å². The molecule has 2 heterocycles. The summed E-state index contributed by atoms with van der Waals surface area (Å²) in [6.45, 7) is 2.94. The Hall–Kier alpha value is -3.08. The molecule has 1 aromatic heterocycles. The Balaban J connectivity index is 1.40. The summed E-state index contributed by atoms with van der Waals surface area (Å²) in [7, 11) is 0. The Morgan fingerprint density at radius 1 is 1.00 bits per heavy atom. The lowest BCUT2D eigenvalue weighted by molar-refractivity contribution is 0.102. The van der Waals surface area contributed by atoms with E-state index in [9.17, 15) is 4.79 Å². The number of amides is 1. The largest absolute Gasteiger partial charge is 0.372 e. The van der Waals surface area contributed by atoms with Crippen molar-refractivity contribution in [2.45, 2.75) is 32.2 Å². The van der Waals surface area contributed by atoms with Crippen LogP contribution in [0.2, 0.25) is 0 Å². The van der Waals surface area contributed by atoms with Crippen molar-refractivity contribution >= 4 is 17.3 Å². The topological polar surface area (TPSA) is 50.2 Å². The summed E-state index contributed by atoms with van der Waals surface area (Å²) in [4.78, 5) is 19.2. The van der Waals surface area contributed by atoms with Crippen LogP contribution in [0.3, 0.4) is 0 Å². The van der Waals surface area contributed by atoms with Gasteiger partial charge in [0.25, 0.3) is 5.91 Å². The number of carbonyl (C=O) groups is 1. The molecule has 4 rings (SSSR count). The summed E-state index contributed by atoms with van der Waals surface area (Å²) in [5.74, 6) is -0.0880. The first-order valence-corrected chi connectivity index (χ1v) is 9.99. The Morgan fingerprint density at radius 2 is 1.79 bits per heavy atom. The molecule has 0 aliphatic carbocycles. The predicted molar refractivity (Wildman–Crippen MR) is 113 cm³/mol. The summed E-state index contributed by atoms with van der Waals surface area (Å²) >= 11 is 0. The van der Waals surface area contributed by atoms with E-state index in [0.29, 0.717) is 12.1 Å². The van der Waals surface area contributed by atoms with Gasteiger partial charge in [-0.05, 0) is 54.8 Å². The summed E-state index contributed by atoms with van der Waals surface area (Å²) < 4.78 is 1.98. The zero-order valence-corrected chi connectivity index (χ0v) is 16.1. The molecule has 5 heteroatoms. The van der Waals surface area contributed by atoms with Gasteiger partial charge in [0.2, 0.25) is 0 Å². The molecule has 1 aliphatic heterocycles. The van der Waals surface area contributed by atoms with E-state index in [4.69, 9.17) is 0 Å². The third-order valence-electron chi connectivity index (χ3n) is 5.21. The van der Waals surface area contributed by atoms with Crippen LogP contribution in [0.15, 0.2) is 67.3 Å². The molecular formula is C23H26N4O. The second-order valence-corrected chi connectivity index (χ2v) is 7.34. The van der Waals surface area contributed by atoms with E-state index in [-0.39, 0.29) is 5.91 Å². The monoisotopic (exact) mass is 374 g/mol. The lowest BCUT2D eigenvalue weighted by atomic mass is 10.1. The number of aromatic nitrogens is 2. The van der Waals surface area contributed by atoms with Crippen LogP contribution in [0.4, 0.5) is 11.4 Å². The van der Waals surface area contributed by atoms with Gasteiger partial charge < -0.3 is 14.8 Å². The molecule has 0 unspecified atom stereocenters. The number of imidazole rings is 1. The van der Waals surface area contributed by atoms with Crippen LogP contribution >= 0.6 is 0 Å². The SMILES string of the molecule is O=C(Nc1ccc(N2CCCCCC2)cc1)c1cccc(Cn2ccnc2)c1. The standard InChI is InChI=1S/C23H26N4O/c28-23(20-7-5-6-19(16-20)17-26-15-12-24-18-26)25-21-8-10-22(11-9-21)27-13-3-1-2-4-14-27/h5-12,15-16,18H,1-4,13-14,17H2,(H,25,28). The van der Waals surface area contributed by atoms with Gasteiger partial charge in [-0.3, -0.25) is 4.79 Å². The molecule has 3 aromatic rings.